The van der Waals surface area contributed by atoms with Crippen molar-refractivity contribution in [1.29, 1.82) is 0 Å². The summed E-state index contributed by atoms with van der Waals surface area (Å²) in [5.41, 5.74) is 3.39. The van der Waals surface area contributed by atoms with Gasteiger partial charge in [0.1, 0.15) is 0 Å². The quantitative estimate of drug-likeness (QED) is 0.806. The van der Waals surface area contributed by atoms with E-state index in [0.717, 1.165) is 29.5 Å². The van der Waals surface area contributed by atoms with Gasteiger partial charge < -0.3 is 4.98 Å². The van der Waals surface area contributed by atoms with Gasteiger partial charge in [-0.15, -0.1) is 0 Å². The molecule has 1 heterocycles. The van der Waals surface area contributed by atoms with Crippen LogP contribution in [0.3, 0.4) is 0 Å². The second kappa shape index (κ2) is 4.54. The normalized spacial score (nSPS) is 10.4. The van der Waals surface area contributed by atoms with Crippen LogP contribution in [0.25, 0.3) is 11.1 Å². The predicted octanol–water partition coefficient (Wildman–Crippen LogP) is 3.71. The van der Waals surface area contributed by atoms with Crippen molar-refractivity contribution in [2.45, 2.75) is 13.3 Å². The van der Waals surface area contributed by atoms with Crippen LogP contribution in [0.15, 0.2) is 30.3 Å². The van der Waals surface area contributed by atoms with Gasteiger partial charge in [0.2, 0.25) is 0 Å². The number of carbonyl (C=O) groups is 1. The zero-order chi connectivity index (χ0) is 11.5. The van der Waals surface area contributed by atoms with Crippen LogP contribution >= 0.6 is 11.6 Å². The summed E-state index contributed by atoms with van der Waals surface area (Å²) in [4.78, 5) is 14.0. The maximum absolute atomic E-state index is 11.0. The summed E-state index contributed by atoms with van der Waals surface area (Å²) in [5, 5.41) is 0.659. The van der Waals surface area contributed by atoms with E-state index < -0.39 is 0 Å². The second-order valence-electron chi connectivity index (χ2n) is 3.57. The molecule has 1 aromatic heterocycles. The van der Waals surface area contributed by atoms with Gasteiger partial charge in [-0.3, -0.25) is 4.79 Å². The minimum absolute atomic E-state index is 0.588. The smallest absolute Gasteiger partial charge is 0.166 e. The first-order valence-electron chi connectivity index (χ1n) is 5.18. The maximum atomic E-state index is 11.0. The Morgan fingerprint density at radius 1 is 1.31 bits per heavy atom. The summed E-state index contributed by atoms with van der Waals surface area (Å²) < 4.78 is 0. The van der Waals surface area contributed by atoms with Crippen molar-refractivity contribution >= 4 is 17.9 Å². The van der Waals surface area contributed by atoms with Crippen LogP contribution in [0.1, 0.15) is 23.1 Å². The summed E-state index contributed by atoms with van der Waals surface area (Å²) >= 11 is 6.11. The zero-order valence-electron chi connectivity index (χ0n) is 8.96. The van der Waals surface area contributed by atoms with E-state index in [2.05, 4.69) is 4.98 Å². The second-order valence-corrected chi connectivity index (χ2v) is 3.98. The fraction of sp³-hybridized carbons (Fsp3) is 0.154. The number of benzene rings is 1. The topological polar surface area (TPSA) is 32.9 Å². The molecule has 0 aliphatic heterocycles. The molecular weight excluding hydrogens is 222 g/mol. The maximum Gasteiger partial charge on any atom is 0.166 e. The van der Waals surface area contributed by atoms with Crippen LogP contribution in [-0.4, -0.2) is 11.3 Å². The highest BCUT2D eigenvalue weighted by Crippen LogP contribution is 2.30. The van der Waals surface area contributed by atoms with E-state index in [0.29, 0.717) is 10.7 Å². The van der Waals surface area contributed by atoms with Crippen LogP contribution in [0.2, 0.25) is 5.02 Å². The van der Waals surface area contributed by atoms with Gasteiger partial charge in [0, 0.05) is 21.8 Å². The first-order chi connectivity index (χ1) is 7.76. The molecule has 1 N–H and O–H groups in total. The molecule has 0 unspecified atom stereocenters. The Kier molecular flexibility index (Phi) is 3.11. The van der Waals surface area contributed by atoms with Crippen molar-refractivity contribution in [3.8, 4) is 11.1 Å². The standard InChI is InChI=1S/C13H12ClNO/c1-2-9-7-11(13(8-16)15-9)10-5-3-4-6-12(10)14/h3-8,15H,2H2,1H3. The van der Waals surface area contributed by atoms with E-state index in [1.54, 1.807) is 0 Å². The molecule has 2 nitrogen and oxygen atoms in total. The Morgan fingerprint density at radius 2 is 2.06 bits per heavy atom. The zero-order valence-corrected chi connectivity index (χ0v) is 9.71. The van der Waals surface area contributed by atoms with Crippen LogP contribution in [0.5, 0.6) is 0 Å². The lowest BCUT2D eigenvalue weighted by molar-refractivity contribution is 0.112. The summed E-state index contributed by atoms with van der Waals surface area (Å²) in [6, 6.07) is 9.50. The number of aromatic nitrogens is 1. The van der Waals surface area contributed by atoms with E-state index in [1.807, 2.05) is 37.3 Å². The Morgan fingerprint density at radius 3 is 2.69 bits per heavy atom. The van der Waals surface area contributed by atoms with Crippen molar-refractivity contribution in [2.75, 3.05) is 0 Å². The minimum Gasteiger partial charge on any atom is -0.356 e. The van der Waals surface area contributed by atoms with Crippen molar-refractivity contribution in [2.24, 2.45) is 0 Å². The van der Waals surface area contributed by atoms with Crippen molar-refractivity contribution in [1.82, 2.24) is 4.98 Å². The summed E-state index contributed by atoms with van der Waals surface area (Å²) in [7, 11) is 0. The number of nitrogens with one attached hydrogen (secondary N) is 1. The molecule has 0 aliphatic rings. The molecule has 2 rings (SSSR count). The van der Waals surface area contributed by atoms with Gasteiger partial charge >= 0.3 is 0 Å². The van der Waals surface area contributed by atoms with E-state index in [1.165, 1.54) is 0 Å². The molecule has 2 aromatic rings. The lowest BCUT2D eigenvalue weighted by Gasteiger charge is -2.01. The highest BCUT2D eigenvalue weighted by atomic mass is 35.5. The fourth-order valence-corrected chi connectivity index (χ4v) is 1.95. The number of carbonyl (C=O) groups excluding carboxylic acids is 1. The summed E-state index contributed by atoms with van der Waals surface area (Å²) in [6.45, 7) is 2.04. The van der Waals surface area contributed by atoms with Crippen LogP contribution < -0.4 is 0 Å². The highest BCUT2D eigenvalue weighted by Gasteiger charge is 2.11. The van der Waals surface area contributed by atoms with E-state index >= 15 is 0 Å². The van der Waals surface area contributed by atoms with E-state index in [4.69, 9.17) is 11.6 Å². The molecule has 0 aliphatic carbocycles. The molecule has 1 aromatic carbocycles. The van der Waals surface area contributed by atoms with Gasteiger partial charge in [-0.05, 0) is 18.6 Å². The summed E-state index contributed by atoms with van der Waals surface area (Å²) in [6.07, 6.45) is 1.70. The number of H-pyrrole nitrogens is 1. The molecule has 0 fully saturated rings. The largest absolute Gasteiger partial charge is 0.356 e. The van der Waals surface area contributed by atoms with Crippen LogP contribution in [0.4, 0.5) is 0 Å². The number of hydrogen-bond donors (Lipinski definition) is 1. The number of hydrogen-bond acceptors (Lipinski definition) is 1. The van der Waals surface area contributed by atoms with Crippen LogP contribution in [-0.2, 0) is 6.42 Å². The van der Waals surface area contributed by atoms with Gasteiger partial charge in [0.15, 0.2) is 6.29 Å². The number of halogens is 1. The SMILES string of the molecule is CCc1cc(-c2ccccc2Cl)c(C=O)[nH]1. The molecule has 0 amide bonds. The van der Waals surface area contributed by atoms with Gasteiger partial charge in [-0.2, -0.15) is 0 Å². The van der Waals surface area contributed by atoms with Gasteiger partial charge in [-0.1, -0.05) is 36.7 Å². The number of aromatic amines is 1. The Balaban J connectivity index is 2.59. The molecule has 0 radical (unpaired) electrons. The third-order valence-corrected chi connectivity index (χ3v) is 2.90. The molecule has 0 saturated carbocycles. The Bertz CT molecular complexity index is 516. The van der Waals surface area contributed by atoms with Gasteiger partial charge in [0.25, 0.3) is 0 Å². The monoisotopic (exact) mass is 233 g/mol. The van der Waals surface area contributed by atoms with Crippen molar-refractivity contribution < 1.29 is 4.79 Å². The van der Waals surface area contributed by atoms with E-state index in [9.17, 15) is 4.79 Å². The molecule has 3 heteroatoms. The minimum atomic E-state index is 0.588. The number of aldehydes is 1. The number of aryl methyl sites for hydroxylation is 1. The lowest BCUT2D eigenvalue weighted by Crippen LogP contribution is -1.85. The average molecular weight is 234 g/mol. The Labute approximate surface area is 99.3 Å². The third-order valence-electron chi connectivity index (χ3n) is 2.57. The van der Waals surface area contributed by atoms with E-state index in [-0.39, 0.29) is 0 Å². The average Bonchev–Trinajstić information content (AvgIpc) is 2.72. The highest BCUT2D eigenvalue weighted by molar-refractivity contribution is 6.33. The lowest BCUT2D eigenvalue weighted by atomic mass is 10.1. The predicted molar refractivity (Wildman–Crippen MR) is 66.0 cm³/mol. The summed E-state index contributed by atoms with van der Waals surface area (Å²) in [5.74, 6) is 0. The van der Waals surface area contributed by atoms with Gasteiger partial charge in [-0.25, -0.2) is 0 Å². The molecule has 0 spiro atoms. The molecule has 0 bridgehead atoms. The molecule has 16 heavy (non-hydrogen) atoms. The molecule has 0 atom stereocenters. The third kappa shape index (κ3) is 1.89. The molecule has 0 saturated heterocycles. The number of rotatable bonds is 3. The van der Waals surface area contributed by atoms with Crippen molar-refractivity contribution in [3.63, 3.8) is 0 Å². The first-order valence-corrected chi connectivity index (χ1v) is 5.56. The Hall–Kier alpha value is -1.54. The molecular formula is C13H12ClNO. The fourth-order valence-electron chi connectivity index (χ4n) is 1.71. The van der Waals surface area contributed by atoms with Crippen molar-refractivity contribution in [3.05, 3.63) is 46.7 Å². The van der Waals surface area contributed by atoms with Gasteiger partial charge in [0.05, 0.1) is 5.69 Å². The molecule has 82 valence electrons. The first kappa shape index (κ1) is 11.0. The van der Waals surface area contributed by atoms with Crippen LogP contribution in [0, 0.1) is 0 Å².